The molecule has 0 spiro atoms. The first kappa shape index (κ1) is 26.9. The van der Waals surface area contributed by atoms with Crippen LogP contribution < -0.4 is 10.4 Å². The zero-order chi connectivity index (χ0) is 30.0. The molecule has 43 heavy (non-hydrogen) atoms. The summed E-state index contributed by atoms with van der Waals surface area (Å²) >= 11 is 0. The van der Waals surface area contributed by atoms with Crippen molar-refractivity contribution < 1.29 is 19.5 Å². The van der Waals surface area contributed by atoms with Crippen molar-refractivity contribution in [1.29, 1.82) is 0 Å². The maximum absolute atomic E-state index is 14.2. The van der Waals surface area contributed by atoms with Crippen LogP contribution in [0.4, 0.5) is 0 Å². The minimum absolute atomic E-state index is 0.0324. The van der Waals surface area contributed by atoms with E-state index in [1.165, 1.54) is 22.7 Å². The number of carbonyl (C=O) groups is 3. The molecule has 1 N–H and O–H groups in total. The standard InChI is InChI=1S/C34H32N4O5/c1-20(2)37-28(19-35-32(41)25-13-7-8-14-26(25)33(35)42)38(36-18-17-27(39)31(40)30(36)34(37)43)29-23-11-5-3-9-21(23)15-16-22-10-4-6-12-24(22)29/h3-14,17-18,20-21,23,28-29,40H,15-16,19H2,1-2H3. The van der Waals surface area contributed by atoms with Crippen LogP contribution in [0.3, 0.4) is 0 Å². The maximum Gasteiger partial charge on any atom is 0.278 e. The number of hydrogen-bond acceptors (Lipinski definition) is 6. The van der Waals surface area contributed by atoms with E-state index in [0.29, 0.717) is 11.1 Å². The van der Waals surface area contributed by atoms with Crippen LogP contribution in [0.25, 0.3) is 0 Å². The fraction of sp³-hybridized carbons (Fsp3) is 0.294. The lowest BCUT2D eigenvalue weighted by Crippen LogP contribution is -2.68. The van der Waals surface area contributed by atoms with Gasteiger partial charge in [-0.2, -0.15) is 0 Å². The lowest BCUT2D eigenvalue weighted by molar-refractivity contribution is 0.0314. The van der Waals surface area contributed by atoms with Gasteiger partial charge in [0.1, 0.15) is 6.17 Å². The van der Waals surface area contributed by atoms with Crippen molar-refractivity contribution in [2.75, 3.05) is 11.6 Å². The predicted octanol–water partition coefficient (Wildman–Crippen LogP) is 4.02. The van der Waals surface area contributed by atoms with Gasteiger partial charge in [-0.25, -0.2) is 0 Å². The summed E-state index contributed by atoms with van der Waals surface area (Å²) in [5.41, 5.74) is 2.11. The van der Waals surface area contributed by atoms with Gasteiger partial charge in [-0.05, 0) is 55.9 Å². The minimum Gasteiger partial charge on any atom is -0.502 e. The molecule has 3 amide bonds. The fourth-order valence-electron chi connectivity index (χ4n) is 7.27. The average molecular weight is 577 g/mol. The van der Waals surface area contributed by atoms with Gasteiger partial charge in [0.05, 0.1) is 23.7 Å². The summed E-state index contributed by atoms with van der Waals surface area (Å²) < 4.78 is 1.58. The molecular formula is C34H32N4O5. The van der Waals surface area contributed by atoms with Crippen LogP contribution in [-0.4, -0.2) is 56.1 Å². The van der Waals surface area contributed by atoms with E-state index in [1.807, 2.05) is 37.1 Å². The Morgan fingerprint density at radius 1 is 0.860 bits per heavy atom. The van der Waals surface area contributed by atoms with Crippen LogP contribution in [0.1, 0.15) is 68.6 Å². The molecule has 0 radical (unpaired) electrons. The molecule has 2 aromatic carbocycles. The number of aromatic hydroxyl groups is 1. The highest BCUT2D eigenvalue weighted by Crippen LogP contribution is 2.45. The Balaban J connectivity index is 1.46. The van der Waals surface area contributed by atoms with Gasteiger partial charge >= 0.3 is 0 Å². The van der Waals surface area contributed by atoms with E-state index in [2.05, 4.69) is 30.4 Å². The van der Waals surface area contributed by atoms with Gasteiger partial charge in [0.2, 0.25) is 5.43 Å². The smallest absolute Gasteiger partial charge is 0.278 e. The summed E-state index contributed by atoms with van der Waals surface area (Å²) in [4.78, 5) is 56.9. The molecule has 3 aromatic rings. The molecule has 0 bridgehead atoms. The van der Waals surface area contributed by atoms with Gasteiger partial charge in [0, 0.05) is 24.2 Å². The molecule has 218 valence electrons. The number of fused-ring (bicyclic) bond motifs is 4. The predicted molar refractivity (Wildman–Crippen MR) is 160 cm³/mol. The molecule has 2 aliphatic carbocycles. The third kappa shape index (κ3) is 4.06. The number of benzene rings is 2. The molecule has 0 saturated heterocycles. The molecule has 4 unspecified atom stereocenters. The molecule has 4 aliphatic rings. The lowest BCUT2D eigenvalue weighted by atomic mass is 9.80. The van der Waals surface area contributed by atoms with E-state index in [9.17, 15) is 24.3 Å². The monoisotopic (exact) mass is 576 g/mol. The molecule has 0 saturated carbocycles. The third-order valence-corrected chi connectivity index (χ3v) is 9.21. The van der Waals surface area contributed by atoms with Crippen LogP contribution >= 0.6 is 0 Å². The number of imide groups is 1. The maximum atomic E-state index is 14.2. The van der Waals surface area contributed by atoms with Crippen molar-refractivity contribution in [3.63, 3.8) is 0 Å². The molecule has 7 rings (SSSR count). The summed E-state index contributed by atoms with van der Waals surface area (Å²) in [7, 11) is 0. The van der Waals surface area contributed by atoms with E-state index >= 15 is 0 Å². The number of rotatable bonds is 4. The fourth-order valence-corrected chi connectivity index (χ4v) is 7.27. The Morgan fingerprint density at radius 3 is 2.26 bits per heavy atom. The minimum atomic E-state index is -0.805. The van der Waals surface area contributed by atoms with E-state index in [4.69, 9.17) is 0 Å². The van der Waals surface area contributed by atoms with Gasteiger partial charge in [0.25, 0.3) is 17.7 Å². The molecule has 1 aromatic heterocycles. The molecule has 0 fully saturated rings. The number of allylic oxidation sites excluding steroid dienone is 3. The third-order valence-electron chi connectivity index (χ3n) is 9.21. The van der Waals surface area contributed by atoms with Crippen LogP contribution in [-0.2, 0) is 6.42 Å². The van der Waals surface area contributed by atoms with Crippen molar-refractivity contribution in [3.05, 3.63) is 123 Å². The quantitative estimate of drug-likeness (QED) is 0.471. The highest BCUT2D eigenvalue weighted by molar-refractivity contribution is 6.21. The molecule has 9 heteroatoms. The number of aromatic nitrogens is 1. The molecule has 9 nitrogen and oxygen atoms in total. The largest absolute Gasteiger partial charge is 0.502 e. The summed E-state index contributed by atoms with van der Waals surface area (Å²) in [6, 6.07) is 15.5. The van der Waals surface area contributed by atoms with E-state index < -0.39 is 41.1 Å². The van der Waals surface area contributed by atoms with Crippen LogP contribution in [0.2, 0.25) is 0 Å². The second kappa shape index (κ2) is 10.1. The zero-order valence-electron chi connectivity index (χ0n) is 24.0. The number of carbonyl (C=O) groups excluding carboxylic acids is 3. The summed E-state index contributed by atoms with van der Waals surface area (Å²) in [6.07, 6.45) is 11.0. The van der Waals surface area contributed by atoms with Crippen LogP contribution in [0.5, 0.6) is 5.75 Å². The summed E-state index contributed by atoms with van der Waals surface area (Å²) in [6.45, 7) is 3.61. The van der Waals surface area contributed by atoms with E-state index in [1.54, 1.807) is 33.8 Å². The second-order valence-corrected chi connectivity index (χ2v) is 11.8. The molecular weight excluding hydrogens is 544 g/mol. The molecule has 4 atom stereocenters. The van der Waals surface area contributed by atoms with Crippen molar-refractivity contribution in [1.82, 2.24) is 14.5 Å². The van der Waals surface area contributed by atoms with E-state index in [0.717, 1.165) is 18.4 Å². The first-order chi connectivity index (χ1) is 20.8. The Hall–Kier alpha value is -4.92. The molecule has 3 heterocycles. The SMILES string of the molecule is CC(C)N1C(=O)c2c(O)c(=O)ccn2N(C2c3ccccc3CCC3C=CC=CC32)C1CN1C(=O)c2ccccc2C1=O. The first-order valence-electron chi connectivity index (χ1n) is 14.7. The Bertz CT molecular complexity index is 1750. The lowest BCUT2D eigenvalue weighted by Gasteiger charge is -2.53. The highest BCUT2D eigenvalue weighted by Gasteiger charge is 2.50. The van der Waals surface area contributed by atoms with Crippen molar-refractivity contribution >= 4 is 17.7 Å². The van der Waals surface area contributed by atoms with Crippen molar-refractivity contribution in [2.45, 2.75) is 44.9 Å². The number of pyridine rings is 1. The average Bonchev–Trinajstić information content (AvgIpc) is 3.14. The molecule has 2 aliphatic heterocycles. The van der Waals surface area contributed by atoms with Gasteiger partial charge in [0.15, 0.2) is 11.4 Å². The van der Waals surface area contributed by atoms with Crippen molar-refractivity contribution in [3.8, 4) is 5.75 Å². The summed E-state index contributed by atoms with van der Waals surface area (Å²) in [5, 5.41) is 13.0. The van der Waals surface area contributed by atoms with Crippen LogP contribution in [0, 0.1) is 11.8 Å². The van der Waals surface area contributed by atoms with Gasteiger partial charge in [-0.3, -0.25) is 33.8 Å². The van der Waals surface area contributed by atoms with Gasteiger partial charge in [-0.15, -0.1) is 0 Å². The topological polar surface area (TPSA) is 103 Å². The zero-order valence-corrected chi connectivity index (χ0v) is 24.0. The number of amides is 3. The van der Waals surface area contributed by atoms with E-state index in [-0.39, 0.29) is 30.1 Å². The van der Waals surface area contributed by atoms with Crippen molar-refractivity contribution in [2.24, 2.45) is 11.8 Å². The van der Waals surface area contributed by atoms with Gasteiger partial charge < -0.3 is 10.0 Å². The van der Waals surface area contributed by atoms with Crippen LogP contribution in [0.15, 0.2) is 89.9 Å². The Morgan fingerprint density at radius 2 is 1.53 bits per heavy atom. The Kier molecular flexibility index (Phi) is 6.34. The van der Waals surface area contributed by atoms with Gasteiger partial charge in [-0.1, -0.05) is 60.7 Å². The Labute approximate surface area is 248 Å². The second-order valence-electron chi connectivity index (χ2n) is 11.8. The number of aryl methyl sites for hydroxylation is 1. The highest BCUT2D eigenvalue weighted by atomic mass is 16.3. The summed E-state index contributed by atoms with van der Waals surface area (Å²) in [5.74, 6) is -1.84. The number of nitrogens with zero attached hydrogens (tertiary/aromatic N) is 4. The first-order valence-corrected chi connectivity index (χ1v) is 14.7. The normalized spacial score (nSPS) is 24.2. The number of hydrogen-bond donors (Lipinski definition) is 1.